The minimum Gasteiger partial charge on any atom is -0.478 e. The van der Waals surface area contributed by atoms with Gasteiger partial charge in [-0.3, -0.25) is 0 Å². The highest BCUT2D eigenvalue weighted by atomic mass is 19.4. The molecule has 4 nitrogen and oxygen atoms in total. The summed E-state index contributed by atoms with van der Waals surface area (Å²) in [6, 6.07) is 9.53. The van der Waals surface area contributed by atoms with Crippen LogP contribution in [-0.4, -0.2) is 20.5 Å². The number of hydrogen-bond acceptors (Lipinski definition) is 2. The van der Waals surface area contributed by atoms with Crippen molar-refractivity contribution >= 4 is 22.4 Å². The van der Waals surface area contributed by atoms with Crippen molar-refractivity contribution in [1.82, 2.24) is 9.38 Å². The summed E-state index contributed by atoms with van der Waals surface area (Å²) < 4.78 is 40.1. The highest BCUT2D eigenvalue weighted by molar-refractivity contribution is 6.06. The molecule has 0 aliphatic carbocycles. The molecule has 26 heavy (non-hydrogen) atoms. The van der Waals surface area contributed by atoms with E-state index in [1.165, 1.54) is 24.3 Å². The van der Waals surface area contributed by atoms with Gasteiger partial charge in [0.15, 0.2) is 0 Å². The quantitative estimate of drug-likeness (QED) is 0.557. The van der Waals surface area contributed by atoms with Crippen LogP contribution in [0.5, 0.6) is 0 Å². The molecule has 0 spiro atoms. The summed E-state index contributed by atoms with van der Waals surface area (Å²) in [4.78, 5) is 15.5. The number of carboxylic acid groups (broad SMARTS) is 1. The molecule has 0 aliphatic rings. The van der Waals surface area contributed by atoms with Crippen molar-refractivity contribution < 1.29 is 23.1 Å². The average molecular weight is 356 g/mol. The van der Waals surface area contributed by atoms with Crippen LogP contribution < -0.4 is 0 Å². The average Bonchev–Trinajstić information content (AvgIpc) is 3.08. The third-order valence-corrected chi connectivity index (χ3v) is 4.26. The number of fused-ring (bicyclic) bond motifs is 3. The Labute approximate surface area is 145 Å². The number of benzene rings is 2. The summed E-state index contributed by atoms with van der Waals surface area (Å²) in [5.41, 5.74) is 1.27. The lowest BCUT2D eigenvalue weighted by molar-refractivity contribution is -0.137. The van der Waals surface area contributed by atoms with Crippen LogP contribution in [0.2, 0.25) is 0 Å². The molecule has 0 amide bonds. The molecule has 4 aromatic rings. The zero-order valence-corrected chi connectivity index (χ0v) is 13.2. The molecule has 4 rings (SSSR count). The SMILES string of the molecule is O=C(O)c1ccc2c(-c3ccc(C(F)(F)F)cc3)cn3ccnc3c2c1. The Kier molecular flexibility index (Phi) is 3.47. The molecule has 0 unspecified atom stereocenters. The predicted molar refractivity (Wildman–Crippen MR) is 90.1 cm³/mol. The van der Waals surface area contributed by atoms with Crippen molar-refractivity contribution in [3.8, 4) is 11.1 Å². The number of aromatic carboxylic acids is 1. The second kappa shape index (κ2) is 5.59. The first-order valence-corrected chi connectivity index (χ1v) is 7.65. The highest BCUT2D eigenvalue weighted by Gasteiger charge is 2.30. The van der Waals surface area contributed by atoms with Gasteiger partial charge in [-0.15, -0.1) is 0 Å². The van der Waals surface area contributed by atoms with E-state index in [1.807, 2.05) is 0 Å². The monoisotopic (exact) mass is 356 g/mol. The van der Waals surface area contributed by atoms with Crippen molar-refractivity contribution in [2.45, 2.75) is 6.18 Å². The fraction of sp³-hybridized carbons (Fsp3) is 0.0526. The number of carbonyl (C=O) groups is 1. The van der Waals surface area contributed by atoms with Gasteiger partial charge in [0.25, 0.3) is 0 Å². The Morgan fingerprint density at radius 3 is 2.42 bits per heavy atom. The normalized spacial score (nSPS) is 12.0. The first-order valence-electron chi connectivity index (χ1n) is 7.65. The van der Waals surface area contributed by atoms with E-state index in [1.54, 1.807) is 29.1 Å². The molecule has 2 aromatic carbocycles. The van der Waals surface area contributed by atoms with Gasteiger partial charge in [0.2, 0.25) is 0 Å². The fourth-order valence-corrected chi connectivity index (χ4v) is 3.00. The van der Waals surface area contributed by atoms with Crippen LogP contribution in [0.4, 0.5) is 13.2 Å². The number of pyridine rings is 1. The molecular formula is C19H11F3N2O2. The minimum absolute atomic E-state index is 0.118. The number of hydrogen-bond donors (Lipinski definition) is 1. The molecule has 2 aromatic heterocycles. The van der Waals surface area contributed by atoms with E-state index in [-0.39, 0.29) is 5.56 Å². The Balaban J connectivity index is 1.98. The van der Waals surface area contributed by atoms with Crippen LogP contribution in [0, 0.1) is 0 Å². The van der Waals surface area contributed by atoms with Crippen LogP contribution in [0.15, 0.2) is 61.1 Å². The number of imidazole rings is 1. The smallest absolute Gasteiger partial charge is 0.416 e. The van der Waals surface area contributed by atoms with Gasteiger partial charge in [-0.1, -0.05) is 18.2 Å². The zero-order valence-electron chi connectivity index (χ0n) is 13.2. The summed E-state index contributed by atoms with van der Waals surface area (Å²) in [6.45, 7) is 0. The third-order valence-electron chi connectivity index (χ3n) is 4.26. The van der Waals surface area contributed by atoms with E-state index in [4.69, 9.17) is 0 Å². The summed E-state index contributed by atoms with van der Waals surface area (Å²) >= 11 is 0. The number of halogens is 3. The molecule has 0 saturated carbocycles. The second-order valence-electron chi connectivity index (χ2n) is 5.84. The van der Waals surface area contributed by atoms with E-state index in [0.29, 0.717) is 27.5 Å². The van der Waals surface area contributed by atoms with Gasteiger partial charge in [-0.05, 0) is 35.2 Å². The first-order chi connectivity index (χ1) is 12.3. The van der Waals surface area contributed by atoms with Crippen molar-refractivity contribution in [2.75, 3.05) is 0 Å². The van der Waals surface area contributed by atoms with Crippen LogP contribution >= 0.6 is 0 Å². The van der Waals surface area contributed by atoms with E-state index in [9.17, 15) is 23.1 Å². The molecule has 1 N–H and O–H groups in total. The number of nitrogens with zero attached hydrogens (tertiary/aromatic N) is 2. The molecule has 0 atom stereocenters. The van der Waals surface area contributed by atoms with Crippen LogP contribution in [0.1, 0.15) is 15.9 Å². The molecule has 0 aliphatic heterocycles. The predicted octanol–water partition coefficient (Wildman–Crippen LogP) is 4.87. The van der Waals surface area contributed by atoms with Crippen molar-refractivity contribution in [2.24, 2.45) is 0 Å². The fourth-order valence-electron chi connectivity index (χ4n) is 3.00. The van der Waals surface area contributed by atoms with Gasteiger partial charge >= 0.3 is 12.1 Å². The van der Waals surface area contributed by atoms with Crippen molar-refractivity contribution in [3.05, 3.63) is 72.2 Å². The lowest BCUT2D eigenvalue weighted by atomic mass is 9.98. The summed E-state index contributed by atoms with van der Waals surface area (Å²) in [5.74, 6) is -1.06. The highest BCUT2D eigenvalue weighted by Crippen LogP contribution is 2.34. The lowest BCUT2D eigenvalue weighted by Gasteiger charge is -2.12. The number of aromatic nitrogens is 2. The summed E-state index contributed by atoms with van der Waals surface area (Å²) in [6.07, 6.45) is 0.660. The molecule has 2 heterocycles. The third kappa shape index (κ3) is 2.57. The molecule has 0 fully saturated rings. The minimum atomic E-state index is -4.40. The second-order valence-corrected chi connectivity index (χ2v) is 5.84. The zero-order chi connectivity index (χ0) is 18.5. The maximum absolute atomic E-state index is 12.8. The maximum Gasteiger partial charge on any atom is 0.416 e. The van der Waals surface area contributed by atoms with Gasteiger partial charge in [0.05, 0.1) is 11.1 Å². The van der Waals surface area contributed by atoms with E-state index >= 15 is 0 Å². The topological polar surface area (TPSA) is 54.6 Å². The van der Waals surface area contributed by atoms with Crippen LogP contribution in [0.3, 0.4) is 0 Å². The van der Waals surface area contributed by atoms with E-state index in [0.717, 1.165) is 12.1 Å². The Morgan fingerprint density at radius 2 is 1.77 bits per heavy atom. The van der Waals surface area contributed by atoms with Crippen LogP contribution in [0.25, 0.3) is 27.5 Å². The van der Waals surface area contributed by atoms with Crippen LogP contribution in [-0.2, 0) is 6.18 Å². The number of carboxylic acids is 1. The molecule has 0 radical (unpaired) electrons. The largest absolute Gasteiger partial charge is 0.478 e. The molecule has 130 valence electrons. The van der Waals surface area contributed by atoms with Gasteiger partial charge in [0, 0.05) is 29.5 Å². The van der Waals surface area contributed by atoms with Crippen molar-refractivity contribution in [1.29, 1.82) is 0 Å². The Bertz CT molecular complexity index is 1150. The standard InChI is InChI=1S/C19H11F3N2O2/c20-19(21,22)13-4-1-11(2-5-13)16-10-24-8-7-23-17(24)15-9-12(18(25)26)3-6-14(15)16/h1-10H,(H,25,26). The summed E-state index contributed by atoms with van der Waals surface area (Å²) in [7, 11) is 0. The summed E-state index contributed by atoms with van der Waals surface area (Å²) in [5, 5.41) is 10.6. The number of alkyl halides is 3. The molecule has 0 bridgehead atoms. The van der Waals surface area contributed by atoms with Gasteiger partial charge in [0.1, 0.15) is 5.65 Å². The molecular weight excluding hydrogens is 345 g/mol. The first kappa shape index (κ1) is 16.1. The lowest BCUT2D eigenvalue weighted by Crippen LogP contribution is -2.04. The van der Waals surface area contributed by atoms with E-state index in [2.05, 4.69) is 4.98 Å². The maximum atomic E-state index is 12.8. The Hall–Kier alpha value is -3.35. The molecule has 0 saturated heterocycles. The van der Waals surface area contributed by atoms with Gasteiger partial charge in [-0.25, -0.2) is 9.78 Å². The number of rotatable bonds is 2. The van der Waals surface area contributed by atoms with Gasteiger partial charge < -0.3 is 9.51 Å². The van der Waals surface area contributed by atoms with Crippen molar-refractivity contribution in [3.63, 3.8) is 0 Å². The van der Waals surface area contributed by atoms with Gasteiger partial charge in [-0.2, -0.15) is 13.2 Å². The van der Waals surface area contributed by atoms with E-state index < -0.39 is 17.7 Å². The Morgan fingerprint density at radius 1 is 1.04 bits per heavy atom. The molecule has 7 heteroatoms.